The molecule has 0 aliphatic carbocycles. The van der Waals surface area contributed by atoms with E-state index in [2.05, 4.69) is 15.6 Å². The number of nitrogens with two attached hydrogens (primary N) is 1. The second-order valence-electron chi connectivity index (χ2n) is 8.03. The second kappa shape index (κ2) is 11.4. The Bertz CT molecular complexity index is 968. The van der Waals surface area contributed by atoms with Crippen LogP contribution in [-0.4, -0.2) is 60.4 Å². The van der Waals surface area contributed by atoms with Gasteiger partial charge in [0, 0.05) is 50.4 Å². The predicted octanol–water partition coefficient (Wildman–Crippen LogP) is 0.945. The van der Waals surface area contributed by atoms with Crippen molar-refractivity contribution in [2.45, 2.75) is 43.8 Å². The van der Waals surface area contributed by atoms with E-state index < -0.39 is 18.1 Å². The zero-order chi connectivity index (χ0) is 23.8. The third-order valence-corrected chi connectivity index (χ3v) is 5.88. The standard InChI is InChI=1S/C24H31N5O4/c1-26-23(31)19(14-16-9-11-27-12-10-16)28-24(32)20-7-5-13-29(20)22(30)15-18(25)17-6-3-4-8-21(17)33-2/h3-4,6,8-12,18-20H,5,7,13-15,25H2,1-2H3,(H,26,31)(H,28,32)/t18?,19-,20-/m0/s1. The summed E-state index contributed by atoms with van der Waals surface area (Å²) >= 11 is 0. The number of pyridine rings is 1. The molecule has 9 nitrogen and oxygen atoms in total. The third kappa shape index (κ3) is 6.07. The molecule has 0 saturated carbocycles. The molecule has 1 aromatic heterocycles. The van der Waals surface area contributed by atoms with E-state index in [1.54, 1.807) is 42.6 Å². The Balaban J connectivity index is 1.66. The average molecular weight is 454 g/mol. The zero-order valence-corrected chi connectivity index (χ0v) is 19.0. The van der Waals surface area contributed by atoms with Crippen LogP contribution in [0, 0.1) is 0 Å². The summed E-state index contributed by atoms with van der Waals surface area (Å²) < 4.78 is 5.35. The molecule has 3 rings (SSSR count). The smallest absolute Gasteiger partial charge is 0.243 e. The molecule has 2 heterocycles. The van der Waals surface area contributed by atoms with Gasteiger partial charge in [-0.15, -0.1) is 0 Å². The van der Waals surface area contributed by atoms with Gasteiger partial charge in [-0.25, -0.2) is 0 Å². The third-order valence-electron chi connectivity index (χ3n) is 5.88. The van der Waals surface area contributed by atoms with Crippen LogP contribution in [0.5, 0.6) is 5.75 Å². The summed E-state index contributed by atoms with van der Waals surface area (Å²) in [4.78, 5) is 44.1. The number of likely N-dealkylation sites (tertiary alicyclic amines) is 1. The molecule has 3 atom stereocenters. The van der Waals surface area contributed by atoms with Gasteiger partial charge in [0.1, 0.15) is 17.8 Å². The molecular formula is C24H31N5O4. The van der Waals surface area contributed by atoms with Crippen molar-refractivity contribution in [1.82, 2.24) is 20.5 Å². The molecule has 1 aromatic carbocycles. The molecule has 1 unspecified atom stereocenters. The van der Waals surface area contributed by atoms with Gasteiger partial charge in [0.25, 0.3) is 0 Å². The molecule has 0 bridgehead atoms. The van der Waals surface area contributed by atoms with Gasteiger partial charge in [-0.3, -0.25) is 19.4 Å². The van der Waals surface area contributed by atoms with Gasteiger partial charge in [-0.2, -0.15) is 0 Å². The summed E-state index contributed by atoms with van der Waals surface area (Å²) in [6, 6.07) is 8.97. The van der Waals surface area contributed by atoms with Crippen LogP contribution >= 0.6 is 0 Å². The molecule has 176 valence electrons. The molecule has 3 amide bonds. The molecule has 0 radical (unpaired) electrons. The predicted molar refractivity (Wildman–Crippen MR) is 123 cm³/mol. The number of carbonyl (C=O) groups excluding carboxylic acids is 3. The number of benzene rings is 1. The molecule has 0 spiro atoms. The van der Waals surface area contributed by atoms with Gasteiger partial charge >= 0.3 is 0 Å². The summed E-state index contributed by atoms with van der Waals surface area (Å²) in [7, 11) is 3.09. The van der Waals surface area contributed by atoms with E-state index in [-0.39, 0.29) is 24.1 Å². The van der Waals surface area contributed by atoms with E-state index in [1.807, 2.05) is 18.2 Å². The van der Waals surface area contributed by atoms with Crippen molar-refractivity contribution in [3.05, 3.63) is 59.9 Å². The number of likely N-dealkylation sites (N-methyl/N-ethyl adjacent to an activating group) is 1. The van der Waals surface area contributed by atoms with Crippen molar-refractivity contribution < 1.29 is 19.1 Å². The first-order valence-corrected chi connectivity index (χ1v) is 11.0. The fourth-order valence-corrected chi connectivity index (χ4v) is 4.13. The van der Waals surface area contributed by atoms with Crippen molar-refractivity contribution in [3.8, 4) is 5.75 Å². The summed E-state index contributed by atoms with van der Waals surface area (Å²) in [6.45, 7) is 0.477. The first kappa shape index (κ1) is 24.2. The van der Waals surface area contributed by atoms with E-state index in [9.17, 15) is 14.4 Å². The number of hydrogen-bond donors (Lipinski definition) is 3. The highest BCUT2D eigenvalue weighted by Crippen LogP contribution is 2.27. The van der Waals surface area contributed by atoms with Crippen LogP contribution < -0.4 is 21.1 Å². The molecule has 1 fully saturated rings. The van der Waals surface area contributed by atoms with E-state index >= 15 is 0 Å². The van der Waals surface area contributed by atoms with Crippen LogP contribution in [0.25, 0.3) is 0 Å². The number of nitrogens with zero attached hydrogens (tertiary/aromatic N) is 2. The Kier molecular flexibility index (Phi) is 8.37. The highest BCUT2D eigenvalue weighted by atomic mass is 16.5. The van der Waals surface area contributed by atoms with E-state index in [4.69, 9.17) is 10.5 Å². The lowest BCUT2D eigenvalue weighted by molar-refractivity contribution is -0.139. The summed E-state index contributed by atoms with van der Waals surface area (Å²) in [5.41, 5.74) is 7.92. The number of amides is 3. The quantitative estimate of drug-likeness (QED) is 0.519. The minimum Gasteiger partial charge on any atom is -0.496 e. The number of methoxy groups -OCH3 is 1. The molecule has 1 saturated heterocycles. The van der Waals surface area contributed by atoms with E-state index in [1.165, 1.54) is 7.05 Å². The summed E-state index contributed by atoms with van der Waals surface area (Å²) in [5, 5.41) is 5.42. The molecular weight excluding hydrogens is 422 g/mol. The number of nitrogens with one attached hydrogen (secondary N) is 2. The Morgan fingerprint density at radius 1 is 1.21 bits per heavy atom. The molecule has 9 heteroatoms. The van der Waals surface area contributed by atoms with Gasteiger partial charge in [0.05, 0.1) is 7.11 Å². The van der Waals surface area contributed by atoms with Crippen LogP contribution in [0.2, 0.25) is 0 Å². The molecule has 4 N–H and O–H groups in total. The zero-order valence-electron chi connectivity index (χ0n) is 19.0. The first-order chi connectivity index (χ1) is 15.9. The number of rotatable bonds is 9. The minimum atomic E-state index is -0.752. The number of carbonyl (C=O) groups is 3. The normalized spacial score (nSPS) is 17.2. The van der Waals surface area contributed by atoms with Gasteiger partial charge in [0.2, 0.25) is 17.7 Å². The fraction of sp³-hybridized carbons (Fsp3) is 0.417. The lowest BCUT2D eigenvalue weighted by Gasteiger charge is -2.27. The SMILES string of the molecule is CNC(=O)[C@H](Cc1ccncc1)NC(=O)[C@@H]1CCCN1C(=O)CC(N)c1ccccc1OC. The Labute approximate surface area is 193 Å². The number of aromatic nitrogens is 1. The van der Waals surface area contributed by atoms with E-state index in [0.29, 0.717) is 31.6 Å². The maximum Gasteiger partial charge on any atom is 0.243 e. The number of para-hydroxylation sites is 1. The second-order valence-corrected chi connectivity index (χ2v) is 8.03. The van der Waals surface area contributed by atoms with Crippen LogP contribution in [0.3, 0.4) is 0 Å². The number of hydrogen-bond acceptors (Lipinski definition) is 6. The van der Waals surface area contributed by atoms with Crippen molar-refractivity contribution in [1.29, 1.82) is 0 Å². The molecule has 2 aromatic rings. The lowest BCUT2D eigenvalue weighted by atomic mass is 10.0. The average Bonchev–Trinajstić information content (AvgIpc) is 3.34. The summed E-state index contributed by atoms with van der Waals surface area (Å²) in [5.74, 6) is -0.210. The Hall–Kier alpha value is -3.46. The Morgan fingerprint density at radius 2 is 1.94 bits per heavy atom. The topological polar surface area (TPSA) is 127 Å². The maximum absolute atomic E-state index is 13.1. The monoisotopic (exact) mass is 453 g/mol. The highest BCUT2D eigenvalue weighted by Gasteiger charge is 2.36. The minimum absolute atomic E-state index is 0.0556. The van der Waals surface area contributed by atoms with Crippen LogP contribution in [0.4, 0.5) is 0 Å². The van der Waals surface area contributed by atoms with Crippen molar-refractivity contribution in [2.75, 3.05) is 20.7 Å². The van der Waals surface area contributed by atoms with Crippen LogP contribution in [0.15, 0.2) is 48.8 Å². The van der Waals surface area contributed by atoms with Gasteiger partial charge < -0.3 is 26.0 Å². The van der Waals surface area contributed by atoms with Crippen LogP contribution in [0.1, 0.15) is 36.4 Å². The Morgan fingerprint density at radius 3 is 2.64 bits per heavy atom. The van der Waals surface area contributed by atoms with Gasteiger partial charge in [0.15, 0.2) is 0 Å². The first-order valence-electron chi connectivity index (χ1n) is 11.0. The molecule has 1 aliphatic heterocycles. The van der Waals surface area contributed by atoms with Gasteiger partial charge in [-0.1, -0.05) is 18.2 Å². The van der Waals surface area contributed by atoms with Crippen molar-refractivity contribution >= 4 is 17.7 Å². The fourth-order valence-electron chi connectivity index (χ4n) is 4.13. The molecule has 33 heavy (non-hydrogen) atoms. The molecule has 1 aliphatic rings. The van der Waals surface area contributed by atoms with Crippen molar-refractivity contribution in [2.24, 2.45) is 5.73 Å². The van der Waals surface area contributed by atoms with Crippen LogP contribution in [-0.2, 0) is 20.8 Å². The largest absolute Gasteiger partial charge is 0.496 e. The lowest BCUT2D eigenvalue weighted by Crippen LogP contribution is -2.53. The number of ether oxygens (including phenoxy) is 1. The van der Waals surface area contributed by atoms with E-state index in [0.717, 1.165) is 11.1 Å². The summed E-state index contributed by atoms with van der Waals surface area (Å²) in [6.07, 6.45) is 4.91. The highest BCUT2D eigenvalue weighted by molar-refractivity contribution is 5.92. The van der Waals surface area contributed by atoms with Gasteiger partial charge in [-0.05, 0) is 36.6 Å². The maximum atomic E-state index is 13.1. The van der Waals surface area contributed by atoms with Crippen molar-refractivity contribution in [3.63, 3.8) is 0 Å².